The lowest BCUT2D eigenvalue weighted by Gasteiger charge is -2.41. The molecule has 2 aromatic heterocycles. The van der Waals surface area contributed by atoms with Crippen LogP contribution in [0.3, 0.4) is 0 Å². The zero-order valence-electron chi connectivity index (χ0n) is 26.8. The summed E-state index contributed by atoms with van der Waals surface area (Å²) >= 11 is 7.85. The molecule has 5 aromatic rings. The van der Waals surface area contributed by atoms with Crippen molar-refractivity contribution in [2.24, 2.45) is 18.9 Å². The molecule has 0 bridgehead atoms. The van der Waals surface area contributed by atoms with E-state index in [0.29, 0.717) is 16.5 Å². The first-order chi connectivity index (χ1) is 22.0. The lowest BCUT2D eigenvalue weighted by molar-refractivity contribution is -0.160. The molecule has 0 spiro atoms. The molecule has 8 nitrogen and oxygen atoms in total. The minimum Gasteiger partial charge on any atom is -0.479 e. The zero-order valence-corrected chi connectivity index (χ0v) is 28.4. The molecule has 1 unspecified atom stereocenters. The third-order valence-corrected chi connectivity index (χ3v) is 10.6. The number of benzene rings is 3. The largest absolute Gasteiger partial charge is 0.479 e. The first-order valence-corrected chi connectivity index (χ1v) is 17.1. The summed E-state index contributed by atoms with van der Waals surface area (Å²) in [5, 5.41) is 18.0. The van der Waals surface area contributed by atoms with Gasteiger partial charge in [0, 0.05) is 59.8 Å². The van der Waals surface area contributed by atoms with E-state index in [-0.39, 0.29) is 0 Å². The Morgan fingerprint density at radius 1 is 1.11 bits per heavy atom. The van der Waals surface area contributed by atoms with Gasteiger partial charge in [-0.1, -0.05) is 23.7 Å². The number of anilines is 1. The fourth-order valence-electron chi connectivity index (χ4n) is 7.09. The smallest absolute Gasteiger partial charge is 0.337 e. The van der Waals surface area contributed by atoms with Gasteiger partial charge in [-0.25, -0.2) is 9.78 Å². The predicted octanol–water partition coefficient (Wildman–Crippen LogP) is 8.28. The molecule has 0 amide bonds. The van der Waals surface area contributed by atoms with Crippen molar-refractivity contribution in [2.75, 3.05) is 31.2 Å². The van der Waals surface area contributed by atoms with Crippen molar-refractivity contribution < 1.29 is 19.4 Å². The van der Waals surface area contributed by atoms with Gasteiger partial charge in [-0.2, -0.15) is 5.10 Å². The van der Waals surface area contributed by atoms with E-state index in [9.17, 15) is 9.90 Å². The maximum absolute atomic E-state index is 12.7. The molecule has 4 heterocycles. The van der Waals surface area contributed by atoms with E-state index in [1.54, 1.807) is 11.3 Å². The maximum Gasteiger partial charge on any atom is 0.337 e. The highest BCUT2D eigenvalue weighted by Crippen LogP contribution is 2.45. The molecule has 2 saturated heterocycles. The molecule has 46 heavy (non-hydrogen) atoms. The minimum atomic E-state index is -1.16. The molecule has 2 aliphatic rings. The predicted molar refractivity (Wildman–Crippen MR) is 185 cm³/mol. The Labute approximate surface area is 277 Å². The summed E-state index contributed by atoms with van der Waals surface area (Å²) in [6, 6.07) is 15.9. The van der Waals surface area contributed by atoms with Crippen molar-refractivity contribution in [1.29, 1.82) is 0 Å². The summed E-state index contributed by atoms with van der Waals surface area (Å²) < 4.78 is 14.9. The monoisotopic (exact) mass is 658 g/mol. The highest BCUT2D eigenvalue weighted by Gasteiger charge is 2.34. The highest BCUT2D eigenvalue weighted by molar-refractivity contribution is 7.22. The Morgan fingerprint density at radius 2 is 1.87 bits per heavy atom. The van der Waals surface area contributed by atoms with Gasteiger partial charge in [0.25, 0.3) is 0 Å². The van der Waals surface area contributed by atoms with Crippen molar-refractivity contribution >= 4 is 55.8 Å². The molecule has 2 fully saturated rings. The van der Waals surface area contributed by atoms with Crippen LogP contribution in [0.15, 0.2) is 48.5 Å². The molecule has 10 heteroatoms. The van der Waals surface area contributed by atoms with Gasteiger partial charge >= 0.3 is 5.97 Å². The van der Waals surface area contributed by atoms with E-state index in [0.717, 1.165) is 99.3 Å². The lowest BCUT2D eigenvalue weighted by Crippen LogP contribution is -2.45. The average molecular weight is 659 g/mol. The molecule has 0 radical (unpaired) electrons. The van der Waals surface area contributed by atoms with Crippen LogP contribution in [0.4, 0.5) is 5.82 Å². The van der Waals surface area contributed by atoms with Crippen molar-refractivity contribution in [3.05, 3.63) is 64.7 Å². The van der Waals surface area contributed by atoms with Gasteiger partial charge in [0.05, 0.1) is 27.9 Å². The lowest BCUT2D eigenvalue weighted by atomic mass is 9.82. The number of halogens is 1. The number of aliphatic carboxylic acids is 1. The normalized spacial score (nSPS) is 19.5. The zero-order chi connectivity index (χ0) is 32.3. The van der Waals surface area contributed by atoms with Crippen LogP contribution in [0.5, 0.6) is 0 Å². The van der Waals surface area contributed by atoms with E-state index in [1.807, 2.05) is 69.8 Å². The summed E-state index contributed by atoms with van der Waals surface area (Å²) in [5.74, 6) is 1.24. The topological polar surface area (TPSA) is 89.7 Å². The summed E-state index contributed by atoms with van der Waals surface area (Å²) in [4.78, 5) is 20.3. The van der Waals surface area contributed by atoms with Crippen molar-refractivity contribution in [1.82, 2.24) is 14.8 Å². The van der Waals surface area contributed by atoms with Gasteiger partial charge in [0.15, 0.2) is 11.9 Å². The van der Waals surface area contributed by atoms with E-state index >= 15 is 0 Å². The first kappa shape index (κ1) is 31.1. The number of hydrogen-bond donors (Lipinski definition) is 1. The van der Waals surface area contributed by atoms with E-state index < -0.39 is 17.7 Å². The Kier molecular flexibility index (Phi) is 8.08. The van der Waals surface area contributed by atoms with Crippen molar-refractivity contribution in [2.45, 2.75) is 52.2 Å². The number of nitrogens with zero attached hydrogens (tertiary/aromatic N) is 4. The Balaban J connectivity index is 1.36. The molecule has 0 aliphatic carbocycles. The second kappa shape index (κ2) is 11.9. The number of ether oxygens (including phenoxy) is 2. The average Bonchev–Trinajstić information content (AvgIpc) is 3.59. The number of rotatable bonds is 6. The molecule has 3 atom stereocenters. The maximum atomic E-state index is 12.7. The van der Waals surface area contributed by atoms with Crippen LogP contribution >= 0.6 is 22.9 Å². The van der Waals surface area contributed by atoms with Crippen LogP contribution in [-0.4, -0.2) is 57.7 Å². The standard InChI is InChI=1S/C36H39ClN4O4S/c1-20-16-27-32(30(22-6-9-25(37)10-7-22)29(20)31(35(42)43)45-36(2,3)4)46-34(38-27)23-8-11-28-26(17-23)33(39-40(28)5)41-14-12-21-13-15-44-19-24(21)18-41/h6-11,16-17,21,24,31H,12-15,18-19H2,1-5H3,(H,42,43)/t21?,24-,31-/m0/s1. The van der Waals surface area contributed by atoms with Crippen LogP contribution < -0.4 is 4.90 Å². The molecule has 0 saturated carbocycles. The van der Waals surface area contributed by atoms with Crippen molar-refractivity contribution in [3.63, 3.8) is 0 Å². The number of carbonyl (C=O) groups is 1. The van der Waals surface area contributed by atoms with Crippen LogP contribution in [0.25, 0.3) is 42.8 Å². The SMILES string of the molecule is Cc1cc2nc(-c3ccc4c(c3)c(N3CCC5CCOC[C@@H]5C3)nn4C)sc2c(-c2ccc(Cl)cc2)c1[C@H](OC(C)(C)C)C(=O)O. The second-order valence-corrected chi connectivity index (χ2v) is 15.0. The molecular formula is C36H39ClN4O4S. The van der Waals surface area contributed by atoms with E-state index in [2.05, 4.69) is 23.1 Å². The molecule has 2 aliphatic heterocycles. The van der Waals surface area contributed by atoms with Gasteiger partial charge in [0.2, 0.25) is 0 Å². The number of aromatic nitrogens is 3. The third kappa shape index (κ3) is 5.79. The summed E-state index contributed by atoms with van der Waals surface area (Å²) in [5.41, 5.74) is 5.35. The van der Waals surface area contributed by atoms with Crippen LogP contribution in [-0.2, 0) is 21.3 Å². The number of carboxylic acids is 1. The van der Waals surface area contributed by atoms with Gasteiger partial charge in [-0.15, -0.1) is 11.3 Å². The number of carboxylic acid groups (broad SMARTS) is 1. The van der Waals surface area contributed by atoms with E-state index in [1.165, 1.54) is 0 Å². The number of thiazole rings is 1. The molecule has 240 valence electrons. The summed E-state index contributed by atoms with van der Waals surface area (Å²) in [6.45, 7) is 11.2. The number of piperidine rings is 1. The number of fused-ring (bicyclic) bond motifs is 3. The van der Waals surface area contributed by atoms with Crippen LogP contribution in [0, 0.1) is 18.8 Å². The minimum absolute atomic E-state index is 0.535. The van der Waals surface area contributed by atoms with Gasteiger partial charge in [-0.3, -0.25) is 4.68 Å². The van der Waals surface area contributed by atoms with Gasteiger partial charge in [0.1, 0.15) is 5.01 Å². The van der Waals surface area contributed by atoms with E-state index in [4.69, 9.17) is 31.2 Å². The first-order valence-electron chi connectivity index (χ1n) is 15.9. The summed E-state index contributed by atoms with van der Waals surface area (Å²) in [6.07, 6.45) is 1.15. The molecular weight excluding hydrogens is 620 g/mol. The van der Waals surface area contributed by atoms with Crippen molar-refractivity contribution in [3.8, 4) is 21.7 Å². The number of aryl methyl sites for hydroxylation is 2. The molecule has 7 rings (SSSR count). The molecule has 1 N–H and O–H groups in total. The fraction of sp³-hybridized carbons (Fsp3) is 0.417. The quantitative estimate of drug-likeness (QED) is 0.196. The Hall–Kier alpha value is -3.50. The third-order valence-electron chi connectivity index (χ3n) is 9.25. The van der Waals surface area contributed by atoms with Gasteiger partial charge in [-0.05, 0) is 94.0 Å². The summed E-state index contributed by atoms with van der Waals surface area (Å²) in [7, 11) is 2.00. The highest BCUT2D eigenvalue weighted by atomic mass is 35.5. The fourth-order valence-corrected chi connectivity index (χ4v) is 8.33. The molecule has 3 aromatic carbocycles. The Bertz CT molecular complexity index is 1940. The van der Waals surface area contributed by atoms with Gasteiger partial charge < -0.3 is 19.5 Å². The van der Waals surface area contributed by atoms with Crippen LogP contribution in [0.1, 0.15) is 50.8 Å². The number of hydrogen-bond acceptors (Lipinski definition) is 7. The second-order valence-electron chi connectivity index (χ2n) is 13.6. The Morgan fingerprint density at radius 3 is 2.61 bits per heavy atom. The van der Waals surface area contributed by atoms with Crippen LogP contribution in [0.2, 0.25) is 5.02 Å².